The maximum Gasteiger partial charge on any atom is 0.0294 e. The Balaban J connectivity index is 2.68. The summed E-state index contributed by atoms with van der Waals surface area (Å²) in [6.45, 7) is 7.83. The Morgan fingerprint density at radius 2 is 1.88 bits per heavy atom. The number of unbranched alkanes of at least 4 members (excludes halogenated alkanes) is 1. The third-order valence-electron chi connectivity index (χ3n) is 3.02. The molecule has 0 bridgehead atoms. The lowest BCUT2D eigenvalue weighted by molar-refractivity contribution is 0.565. The van der Waals surface area contributed by atoms with Crippen LogP contribution in [0.4, 0.5) is 0 Å². The van der Waals surface area contributed by atoms with Gasteiger partial charge in [0.05, 0.1) is 0 Å². The molecule has 0 aromatic heterocycles. The molecule has 0 radical (unpaired) electrons. The van der Waals surface area contributed by atoms with Gasteiger partial charge in [-0.3, -0.25) is 0 Å². The minimum absolute atomic E-state index is 0.480. The maximum absolute atomic E-state index is 3.57. The molecule has 1 heteroatoms. The third kappa shape index (κ3) is 3.97. The Labute approximate surface area is 100 Å². The fraction of sp³-hybridized carbons (Fsp3) is 0.600. The van der Waals surface area contributed by atoms with Gasteiger partial charge in [0, 0.05) is 6.04 Å². The quantitative estimate of drug-likeness (QED) is 0.728. The minimum Gasteiger partial charge on any atom is -0.310 e. The van der Waals surface area contributed by atoms with E-state index in [2.05, 4.69) is 50.4 Å². The van der Waals surface area contributed by atoms with Crippen LogP contribution in [-0.4, -0.2) is 6.54 Å². The summed E-state index contributed by atoms with van der Waals surface area (Å²) >= 11 is 0. The van der Waals surface area contributed by atoms with Crippen LogP contribution in [-0.2, 0) is 6.42 Å². The molecule has 1 unspecified atom stereocenters. The summed E-state index contributed by atoms with van der Waals surface area (Å²) in [7, 11) is 0. The van der Waals surface area contributed by atoms with Gasteiger partial charge in [-0.1, -0.05) is 44.5 Å². The van der Waals surface area contributed by atoms with E-state index >= 15 is 0 Å². The van der Waals surface area contributed by atoms with Crippen LogP contribution < -0.4 is 5.32 Å². The standard InChI is InChI=1S/C15H25N/c1-4-6-9-14-10-7-8-11-15(14)13(3)16-12-5-2/h7-8,10-11,13,16H,4-6,9,12H2,1-3H3. The molecule has 0 heterocycles. The molecule has 1 N–H and O–H groups in total. The molecule has 16 heavy (non-hydrogen) atoms. The molecule has 0 saturated carbocycles. The van der Waals surface area contributed by atoms with E-state index in [0.29, 0.717) is 6.04 Å². The first-order valence-electron chi connectivity index (χ1n) is 6.60. The molecule has 0 amide bonds. The van der Waals surface area contributed by atoms with E-state index in [1.54, 1.807) is 0 Å². The molecule has 90 valence electrons. The Morgan fingerprint density at radius 3 is 2.56 bits per heavy atom. The van der Waals surface area contributed by atoms with Crippen LogP contribution in [0, 0.1) is 0 Å². The summed E-state index contributed by atoms with van der Waals surface area (Å²) in [6.07, 6.45) is 4.97. The molecule has 1 aromatic rings. The second-order valence-electron chi connectivity index (χ2n) is 4.48. The normalized spacial score (nSPS) is 12.7. The van der Waals surface area contributed by atoms with Crippen molar-refractivity contribution >= 4 is 0 Å². The Kier molecular flexibility index (Phi) is 6.17. The lowest BCUT2D eigenvalue weighted by Gasteiger charge is -2.17. The van der Waals surface area contributed by atoms with E-state index in [0.717, 1.165) is 6.54 Å². The number of hydrogen-bond donors (Lipinski definition) is 1. The number of hydrogen-bond acceptors (Lipinski definition) is 1. The first-order valence-corrected chi connectivity index (χ1v) is 6.60. The zero-order chi connectivity index (χ0) is 11.8. The molecule has 0 aliphatic heterocycles. The van der Waals surface area contributed by atoms with Gasteiger partial charge in [-0.25, -0.2) is 0 Å². The van der Waals surface area contributed by atoms with Crippen molar-refractivity contribution in [2.24, 2.45) is 0 Å². The van der Waals surface area contributed by atoms with E-state index in [4.69, 9.17) is 0 Å². The Bertz CT molecular complexity index is 293. The fourth-order valence-corrected chi connectivity index (χ4v) is 2.02. The molecule has 1 atom stereocenters. The van der Waals surface area contributed by atoms with E-state index in [-0.39, 0.29) is 0 Å². The van der Waals surface area contributed by atoms with Crippen molar-refractivity contribution in [2.45, 2.75) is 52.5 Å². The zero-order valence-electron chi connectivity index (χ0n) is 10.9. The number of aryl methyl sites for hydroxylation is 1. The Hall–Kier alpha value is -0.820. The molecule has 1 rings (SSSR count). The van der Waals surface area contributed by atoms with Gasteiger partial charge in [0.25, 0.3) is 0 Å². The van der Waals surface area contributed by atoms with Crippen molar-refractivity contribution in [3.05, 3.63) is 35.4 Å². The van der Waals surface area contributed by atoms with E-state index in [9.17, 15) is 0 Å². The second-order valence-corrected chi connectivity index (χ2v) is 4.48. The minimum atomic E-state index is 0.480. The highest BCUT2D eigenvalue weighted by molar-refractivity contribution is 5.29. The van der Waals surface area contributed by atoms with E-state index in [1.807, 2.05) is 0 Å². The lowest BCUT2D eigenvalue weighted by Crippen LogP contribution is -2.20. The first-order chi connectivity index (χ1) is 7.79. The number of benzene rings is 1. The lowest BCUT2D eigenvalue weighted by atomic mass is 9.97. The van der Waals surface area contributed by atoms with Crippen LogP contribution >= 0.6 is 0 Å². The van der Waals surface area contributed by atoms with Crippen LogP contribution in [0.2, 0.25) is 0 Å². The first kappa shape index (κ1) is 13.2. The largest absolute Gasteiger partial charge is 0.310 e. The molecule has 1 aromatic carbocycles. The van der Waals surface area contributed by atoms with Crippen molar-refractivity contribution in [1.29, 1.82) is 0 Å². The highest BCUT2D eigenvalue weighted by atomic mass is 14.9. The highest BCUT2D eigenvalue weighted by Gasteiger charge is 2.08. The number of rotatable bonds is 7. The van der Waals surface area contributed by atoms with Gasteiger partial charge in [0.15, 0.2) is 0 Å². The van der Waals surface area contributed by atoms with Gasteiger partial charge in [-0.15, -0.1) is 0 Å². The molecule has 0 aliphatic rings. The van der Waals surface area contributed by atoms with Crippen LogP contribution in [0.3, 0.4) is 0 Å². The van der Waals surface area contributed by atoms with Crippen molar-refractivity contribution in [2.75, 3.05) is 6.54 Å². The zero-order valence-corrected chi connectivity index (χ0v) is 10.9. The molecule has 0 spiro atoms. The summed E-state index contributed by atoms with van der Waals surface area (Å²) in [5, 5.41) is 3.57. The van der Waals surface area contributed by atoms with Crippen molar-refractivity contribution in [1.82, 2.24) is 5.32 Å². The monoisotopic (exact) mass is 219 g/mol. The SMILES string of the molecule is CCCCc1ccccc1C(C)NCCC. The third-order valence-corrected chi connectivity index (χ3v) is 3.02. The van der Waals surface area contributed by atoms with Gasteiger partial charge in [0.1, 0.15) is 0 Å². The summed E-state index contributed by atoms with van der Waals surface area (Å²) in [6, 6.07) is 9.32. The van der Waals surface area contributed by atoms with Gasteiger partial charge < -0.3 is 5.32 Å². The average Bonchev–Trinajstić information content (AvgIpc) is 2.33. The fourth-order valence-electron chi connectivity index (χ4n) is 2.02. The van der Waals surface area contributed by atoms with Crippen LogP contribution in [0.1, 0.15) is 57.2 Å². The predicted octanol–water partition coefficient (Wildman–Crippen LogP) is 4.09. The molecule has 1 nitrogen and oxygen atoms in total. The molecule has 0 saturated heterocycles. The van der Waals surface area contributed by atoms with Gasteiger partial charge in [0.2, 0.25) is 0 Å². The van der Waals surface area contributed by atoms with Gasteiger partial charge in [-0.05, 0) is 43.9 Å². The number of nitrogens with one attached hydrogen (secondary N) is 1. The smallest absolute Gasteiger partial charge is 0.0294 e. The van der Waals surface area contributed by atoms with E-state index in [1.165, 1.54) is 36.8 Å². The van der Waals surface area contributed by atoms with Crippen LogP contribution in [0.15, 0.2) is 24.3 Å². The summed E-state index contributed by atoms with van der Waals surface area (Å²) in [4.78, 5) is 0. The summed E-state index contributed by atoms with van der Waals surface area (Å²) in [5.74, 6) is 0. The Morgan fingerprint density at radius 1 is 1.12 bits per heavy atom. The maximum atomic E-state index is 3.57. The second kappa shape index (κ2) is 7.45. The topological polar surface area (TPSA) is 12.0 Å². The van der Waals surface area contributed by atoms with E-state index < -0.39 is 0 Å². The van der Waals surface area contributed by atoms with Crippen LogP contribution in [0.25, 0.3) is 0 Å². The molecular formula is C15H25N. The van der Waals surface area contributed by atoms with Crippen molar-refractivity contribution < 1.29 is 0 Å². The average molecular weight is 219 g/mol. The molecule has 0 fully saturated rings. The summed E-state index contributed by atoms with van der Waals surface area (Å²) in [5.41, 5.74) is 2.99. The summed E-state index contributed by atoms with van der Waals surface area (Å²) < 4.78 is 0. The van der Waals surface area contributed by atoms with Crippen molar-refractivity contribution in [3.8, 4) is 0 Å². The predicted molar refractivity (Wildman–Crippen MR) is 71.8 cm³/mol. The van der Waals surface area contributed by atoms with Crippen molar-refractivity contribution in [3.63, 3.8) is 0 Å². The van der Waals surface area contributed by atoms with Gasteiger partial charge in [-0.2, -0.15) is 0 Å². The molecule has 0 aliphatic carbocycles. The van der Waals surface area contributed by atoms with Gasteiger partial charge >= 0.3 is 0 Å². The van der Waals surface area contributed by atoms with Crippen LogP contribution in [0.5, 0.6) is 0 Å². The molecular weight excluding hydrogens is 194 g/mol. The highest BCUT2D eigenvalue weighted by Crippen LogP contribution is 2.19.